The maximum absolute atomic E-state index is 10.9. The van der Waals surface area contributed by atoms with Crippen molar-refractivity contribution in [1.29, 1.82) is 0 Å². The highest BCUT2D eigenvalue weighted by atomic mass is 16.3. The van der Waals surface area contributed by atoms with Crippen LogP contribution in [0, 0.1) is 0 Å². The van der Waals surface area contributed by atoms with Gasteiger partial charge in [0.1, 0.15) is 13.6 Å². The fraction of sp³-hybridized carbons (Fsp3) is 0.0476. The lowest BCUT2D eigenvalue weighted by Crippen LogP contribution is -2.11. The smallest absolute Gasteiger partial charge is 0.168 e. The number of fused-ring (bicyclic) bond motifs is 1. The quantitative estimate of drug-likeness (QED) is 0.0467. The summed E-state index contributed by atoms with van der Waals surface area (Å²) in [6, 6.07) is 51.4. The number of hydrogen-bond donors (Lipinski definition) is 3. The number of hydrogen-bond acceptors (Lipinski definition) is 4. The van der Waals surface area contributed by atoms with Crippen molar-refractivity contribution < 1.29 is 15.3 Å². The molecule has 8 aromatic rings. The maximum atomic E-state index is 10.9. The normalized spacial score (nSPS) is 13.6. The molecule has 0 amide bonds. The Morgan fingerprint density at radius 3 is 1.90 bits per heavy atom. The number of nitrogens with zero attached hydrogens (tertiary/aromatic N) is 2. The SMILES string of the molecule is [B]c1cc(O)c(-c2ccc(N(c3ccc(C4=CCC/C=C(\c5ccccc5)C=C4)cc3)c3ccccc3-c3cccc(-c4cccc5c4c(/C=C\C=C/C)cn5C(=C)/C=C\C=C)c3)cc2)c(O)c1O. The zero-order valence-electron chi connectivity index (χ0n) is 38.5. The Kier molecular flexibility index (Phi) is 13.4. The summed E-state index contributed by atoms with van der Waals surface area (Å²) in [4.78, 5) is 2.22. The molecule has 1 heterocycles. The third-order valence-electron chi connectivity index (χ3n) is 12.4. The first-order valence-electron chi connectivity index (χ1n) is 23.0. The molecule has 9 rings (SSSR count). The number of allylic oxidation sites excluding steroid dienone is 13. The standard InChI is InChI=1S/C63H51BN2O3/c1-4-6-9-23-51-42-65(43(3)18-7-5-2)58-29-17-27-55(60(51)58)50-25-16-24-49(40-50)54-26-14-15-28-57(54)66(53-38-34-48(35-39-53)61-59(67)41-56(64)62(68)63(61)69)52-36-32-47(33-37-52)46-22-13-12-21-45(30-31-46)44-19-10-8-11-20-44/h4-11,14-42,67-69H,2-3,12-13H2,1H3/b6-4-,18-7-,23-9-,31-30?,45-21-,46-22?. The van der Waals surface area contributed by atoms with Gasteiger partial charge in [0.25, 0.3) is 0 Å². The molecule has 0 aliphatic heterocycles. The van der Waals surface area contributed by atoms with E-state index in [1.807, 2.05) is 67.6 Å². The summed E-state index contributed by atoms with van der Waals surface area (Å²) < 4.78 is 2.13. The van der Waals surface area contributed by atoms with Gasteiger partial charge in [-0.3, -0.25) is 0 Å². The van der Waals surface area contributed by atoms with Gasteiger partial charge in [0.15, 0.2) is 11.5 Å². The zero-order valence-corrected chi connectivity index (χ0v) is 38.5. The van der Waals surface area contributed by atoms with E-state index in [0.717, 1.165) is 85.5 Å². The Labute approximate surface area is 406 Å². The number of para-hydroxylation sites is 1. The van der Waals surface area contributed by atoms with Gasteiger partial charge in [-0.1, -0.05) is 177 Å². The van der Waals surface area contributed by atoms with Crippen LogP contribution in [-0.2, 0) is 0 Å². The summed E-state index contributed by atoms with van der Waals surface area (Å²) in [6.45, 7) is 10.2. The zero-order chi connectivity index (χ0) is 47.9. The van der Waals surface area contributed by atoms with Gasteiger partial charge in [-0.25, -0.2) is 0 Å². The molecule has 0 fully saturated rings. The summed E-state index contributed by atoms with van der Waals surface area (Å²) in [5, 5.41) is 33.4. The van der Waals surface area contributed by atoms with Gasteiger partial charge >= 0.3 is 0 Å². The van der Waals surface area contributed by atoms with Crippen LogP contribution in [0.4, 0.5) is 17.1 Å². The monoisotopic (exact) mass is 894 g/mol. The van der Waals surface area contributed by atoms with Gasteiger partial charge in [-0.15, -0.1) is 0 Å². The Morgan fingerprint density at radius 2 is 1.22 bits per heavy atom. The van der Waals surface area contributed by atoms with Crippen molar-refractivity contribution in [3.63, 3.8) is 0 Å². The number of phenolic OH excluding ortho intramolecular Hbond substituents is 3. The highest BCUT2D eigenvalue weighted by molar-refractivity contribution is 6.35. The van der Waals surface area contributed by atoms with E-state index < -0.39 is 11.5 Å². The molecule has 0 unspecified atom stereocenters. The summed E-state index contributed by atoms with van der Waals surface area (Å²) >= 11 is 0. The van der Waals surface area contributed by atoms with Crippen LogP contribution in [0.2, 0.25) is 0 Å². The molecular formula is C63H51BN2O3. The van der Waals surface area contributed by atoms with E-state index >= 15 is 0 Å². The van der Waals surface area contributed by atoms with Crippen LogP contribution >= 0.6 is 0 Å². The van der Waals surface area contributed by atoms with Crippen molar-refractivity contribution in [3.05, 3.63) is 248 Å². The summed E-state index contributed by atoms with van der Waals surface area (Å²) in [6.07, 6.45) is 26.9. The van der Waals surface area contributed by atoms with Crippen LogP contribution in [0.5, 0.6) is 17.2 Å². The second kappa shape index (κ2) is 20.4. The molecule has 7 aromatic carbocycles. The van der Waals surface area contributed by atoms with Gasteiger partial charge in [-0.05, 0) is 124 Å². The molecule has 0 bridgehead atoms. The minimum atomic E-state index is -0.482. The second-order valence-electron chi connectivity index (χ2n) is 16.8. The highest BCUT2D eigenvalue weighted by Gasteiger charge is 2.21. The molecule has 1 aliphatic carbocycles. The highest BCUT2D eigenvalue weighted by Crippen LogP contribution is 2.46. The molecule has 5 nitrogen and oxygen atoms in total. The largest absolute Gasteiger partial charge is 0.507 e. The van der Waals surface area contributed by atoms with Crippen molar-refractivity contribution in [1.82, 2.24) is 4.57 Å². The Hall–Kier alpha value is -8.74. The van der Waals surface area contributed by atoms with E-state index in [0.29, 0.717) is 5.56 Å². The van der Waals surface area contributed by atoms with E-state index in [-0.39, 0.29) is 16.8 Å². The second-order valence-corrected chi connectivity index (χ2v) is 16.8. The average molecular weight is 895 g/mol. The van der Waals surface area contributed by atoms with Gasteiger partial charge in [0, 0.05) is 39.8 Å². The van der Waals surface area contributed by atoms with Gasteiger partial charge in [-0.2, -0.15) is 0 Å². The molecule has 0 spiro atoms. The lowest BCUT2D eigenvalue weighted by atomic mass is 9.90. The topological polar surface area (TPSA) is 68.9 Å². The van der Waals surface area contributed by atoms with E-state index in [4.69, 9.17) is 7.85 Å². The number of aromatic hydroxyl groups is 3. The lowest BCUT2D eigenvalue weighted by molar-refractivity contribution is 0.402. The van der Waals surface area contributed by atoms with Gasteiger partial charge < -0.3 is 24.8 Å². The molecular weight excluding hydrogens is 844 g/mol. The third kappa shape index (κ3) is 9.47. The first-order chi connectivity index (χ1) is 33.7. The first kappa shape index (κ1) is 45.4. The fourth-order valence-electron chi connectivity index (χ4n) is 9.03. The lowest BCUT2D eigenvalue weighted by Gasteiger charge is -2.28. The van der Waals surface area contributed by atoms with E-state index in [1.54, 1.807) is 6.08 Å². The molecule has 1 aliphatic rings. The van der Waals surface area contributed by atoms with Crippen molar-refractivity contribution in [3.8, 4) is 50.6 Å². The molecule has 2 radical (unpaired) electrons. The number of benzene rings is 7. The van der Waals surface area contributed by atoms with Crippen LogP contribution < -0.4 is 10.4 Å². The van der Waals surface area contributed by atoms with Crippen LogP contribution in [0.15, 0.2) is 232 Å². The maximum Gasteiger partial charge on any atom is 0.168 e. The van der Waals surface area contributed by atoms with E-state index in [2.05, 4.69) is 174 Å². The summed E-state index contributed by atoms with van der Waals surface area (Å²) in [7, 11) is 5.85. The van der Waals surface area contributed by atoms with Gasteiger partial charge in [0.2, 0.25) is 0 Å². The van der Waals surface area contributed by atoms with Crippen LogP contribution in [0.1, 0.15) is 36.5 Å². The Morgan fingerprint density at radius 1 is 0.623 bits per heavy atom. The van der Waals surface area contributed by atoms with Crippen molar-refractivity contribution in [2.24, 2.45) is 0 Å². The molecule has 0 atom stereocenters. The van der Waals surface area contributed by atoms with Crippen molar-refractivity contribution in [2.75, 3.05) is 4.90 Å². The first-order valence-corrected chi connectivity index (χ1v) is 23.0. The number of aromatic nitrogens is 1. The Balaban J connectivity index is 1.15. The van der Waals surface area contributed by atoms with Crippen molar-refractivity contribution in [2.45, 2.75) is 19.8 Å². The molecule has 0 saturated heterocycles. The molecule has 1 aromatic heterocycles. The van der Waals surface area contributed by atoms with Crippen LogP contribution in [0.3, 0.4) is 0 Å². The fourth-order valence-corrected chi connectivity index (χ4v) is 9.03. The van der Waals surface area contributed by atoms with E-state index in [9.17, 15) is 15.3 Å². The summed E-state index contributed by atoms with van der Waals surface area (Å²) in [5.41, 5.74) is 15.0. The minimum Gasteiger partial charge on any atom is -0.507 e. The number of rotatable bonds is 13. The van der Waals surface area contributed by atoms with Crippen LogP contribution in [0.25, 0.3) is 67.2 Å². The number of anilines is 3. The van der Waals surface area contributed by atoms with Crippen molar-refractivity contribution >= 4 is 64.2 Å². The third-order valence-corrected chi connectivity index (χ3v) is 12.4. The van der Waals surface area contributed by atoms with Gasteiger partial charge in [0.05, 0.1) is 16.8 Å². The molecule has 69 heavy (non-hydrogen) atoms. The van der Waals surface area contributed by atoms with E-state index in [1.165, 1.54) is 17.2 Å². The Bertz CT molecular complexity index is 3400. The molecule has 0 saturated carbocycles. The summed E-state index contributed by atoms with van der Waals surface area (Å²) in [5.74, 6) is -1.20. The number of phenols is 3. The van der Waals surface area contributed by atoms with Crippen LogP contribution in [-0.4, -0.2) is 27.7 Å². The predicted molar refractivity (Wildman–Crippen MR) is 293 cm³/mol. The molecule has 334 valence electrons. The molecule has 3 N–H and O–H groups in total. The molecule has 6 heteroatoms. The average Bonchev–Trinajstić information content (AvgIpc) is 3.75. The predicted octanol–water partition coefficient (Wildman–Crippen LogP) is 15.6. The minimum absolute atomic E-state index is 0.0931.